The normalized spacial score (nSPS) is 25.2. The Labute approximate surface area is 191 Å². The van der Waals surface area contributed by atoms with Gasteiger partial charge in [-0.2, -0.15) is 0 Å². The topological polar surface area (TPSA) is 223 Å². The van der Waals surface area contributed by atoms with Crippen LogP contribution in [-0.2, 0) is 13.8 Å². The van der Waals surface area contributed by atoms with Crippen LogP contribution in [0.25, 0.3) is 11.2 Å². The maximum Gasteiger partial charge on any atom is 1.00 e. The van der Waals surface area contributed by atoms with Gasteiger partial charge < -0.3 is 45.0 Å². The molecule has 0 spiro atoms. The molecule has 0 saturated carbocycles. The fraction of sp³-hybridized carbons (Fsp3) is 0.500. The summed E-state index contributed by atoms with van der Waals surface area (Å²) >= 11 is 0. The fourth-order valence-electron chi connectivity index (χ4n) is 2.32. The largest absolute Gasteiger partial charge is 1.00 e. The second-order valence-corrected chi connectivity index (χ2v) is 6.02. The minimum Gasteiger partial charge on any atom is -0.790 e. The first-order valence-corrected chi connectivity index (χ1v) is 7.85. The monoisotopic (exact) mass is 409 g/mol. The number of aliphatic hydroxyl groups is 2. The molecule has 0 bridgehead atoms. The number of aliphatic hydroxyl groups excluding tert-OH is 2. The van der Waals surface area contributed by atoms with Crippen molar-refractivity contribution in [1.82, 2.24) is 19.5 Å². The average Bonchev–Trinajstić information content (AvgIpc) is 3.01. The van der Waals surface area contributed by atoms with Crippen LogP contribution in [0.15, 0.2) is 12.7 Å². The molecule has 4 atom stereocenters. The van der Waals surface area contributed by atoms with E-state index >= 15 is 0 Å². The first-order valence-electron chi connectivity index (χ1n) is 6.39. The number of nitrogen functional groups attached to an aromatic ring is 1. The third-order valence-corrected chi connectivity index (χ3v) is 3.86. The third kappa shape index (κ3) is 5.43. The number of phosphoric ester groups is 1. The van der Waals surface area contributed by atoms with Crippen molar-refractivity contribution in [3.05, 3.63) is 12.7 Å². The van der Waals surface area contributed by atoms with Crippen LogP contribution in [0.4, 0.5) is 5.82 Å². The van der Waals surface area contributed by atoms with Crippen LogP contribution in [0.1, 0.15) is 6.23 Å². The molecule has 1 aliphatic heterocycles. The summed E-state index contributed by atoms with van der Waals surface area (Å²) in [5.74, 6) is 0.125. The zero-order valence-corrected chi connectivity index (χ0v) is 18.8. The second kappa shape index (κ2) is 10.2. The number of hydrogen-bond acceptors (Lipinski definition) is 11. The molecule has 6 N–H and O–H groups in total. The van der Waals surface area contributed by atoms with E-state index in [1.807, 2.05) is 0 Å². The number of nitrogens with two attached hydrogens (primary N) is 1. The minimum absolute atomic E-state index is 0. The van der Waals surface area contributed by atoms with Gasteiger partial charge in [-0.15, -0.1) is 0 Å². The van der Waals surface area contributed by atoms with E-state index in [0.717, 1.165) is 0 Å². The maximum absolute atomic E-state index is 10.5. The van der Waals surface area contributed by atoms with Crippen molar-refractivity contribution in [2.45, 2.75) is 24.5 Å². The molecule has 1 fully saturated rings. The molecule has 0 amide bonds. The Bertz CT molecular complexity index is 775. The molecule has 134 valence electrons. The number of phosphoric acid groups is 1. The van der Waals surface area contributed by atoms with Crippen molar-refractivity contribution in [2.24, 2.45) is 0 Å². The molecule has 1 aliphatic rings. The summed E-state index contributed by atoms with van der Waals surface area (Å²) in [5.41, 5.74) is 6.19. The fourth-order valence-corrected chi connectivity index (χ4v) is 2.65. The van der Waals surface area contributed by atoms with E-state index in [-0.39, 0.29) is 81.6 Å². The second-order valence-electron chi connectivity index (χ2n) is 4.87. The SMILES string of the molecule is Nc1ncnc2c1ncn2[C@@H]1O[C@H](COP(=O)([O-])[O-])[C@H](O)[C@H]1O.O.[Na+].[Na+]. The Hall–Kier alpha value is 0.300. The number of fused-ring (bicyclic) bond motifs is 1. The molecule has 0 unspecified atom stereocenters. The molecule has 13 nitrogen and oxygen atoms in total. The zero-order valence-electron chi connectivity index (χ0n) is 13.9. The van der Waals surface area contributed by atoms with Gasteiger partial charge in [-0.25, -0.2) is 15.0 Å². The molecule has 26 heavy (non-hydrogen) atoms. The van der Waals surface area contributed by atoms with Crippen LogP contribution in [0, 0.1) is 0 Å². The van der Waals surface area contributed by atoms with Gasteiger partial charge in [-0.05, 0) is 0 Å². The summed E-state index contributed by atoms with van der Waals surface area (Å²) in [6, 6.07) is 0. The standard InChI is InChI=1S/C10H14N5O7P.2Na.H2O/c11-8-5-9(13-2-12-8)15(3-14-5)10-7(17)6(16)4(22-10)1-21-23(18,19)20;;;/h2-4,6-7,10,16-17H,1H2,(H2,11,12,13)(H2,18,19,20);;;1H2/q;2*+1;/p-2/t4-,6+,7-,10-;;;/m1.../s1. The van der Waals surface area contributed by atoms with Gasteiger partial charge in [0.25, 0.3) is 0 Å². The van der Waals surface area contributed by atoms with Gasteiger partial charge in [-0.1, -0.05) is 0 Å². The Morgan fingerprint density at radius 1 is 1.27 bits per heavy atom. The number of rotatable bonds is 4. The number of aromatic nitrogens is 4. The molecule has 2 aromatic heterocycles. The summed E-state index contributed by atoms with van der Waals surface area (Å²) in [5, 5.41) is 20.0. The Morgan fingerprint density at radius 2 is 1.92 bits per heavy atom. The summed E-state index contributed by atoms with van der Waals surface area (Å²) in [4.78, 5) is 32.8. The Kier molecular flexibility index (Phi) is 10.3. The number of ether oxygens (including phenoxy) is 1. The first-order chi connectivity index (χ1) is 10.8. The van der Waals surface area contributed by atoms with E-state index in [2.05, 4.69) is 19.5 Å². The summed E-state index contributed by atoms with van der Waals surface area (Å²) in [6.07, 6.45) is -2.75. The van der Waals surface area contributed by atoms with E-state index in [0.29, 0.717) is 0 Å². The van der Waals surface area contributed by atoms with Crippen LogP contribution in [0.5, 0.6) is 0 Å². The van der Waals surface area contributed by atoms with Crippen molar-refractivity contribution < 1.29 is 98.4 Å². The van der Waals surface area contributed by atoms with Crippen LogP contribution >= 0.6 is 7.82 Å². The predicted molar refractivity (Wildman–Crippen MR) is 72.8 cm³/mol. The van der Waals surface area contributed by atoms with Gasteiger partial charge in [0.1, 0.15) is 30.2 Å². The predicted octanol–water partition coefficient (Wildman–Crippen LogP) is -9.94. The third-order valence-electron chi connectivity index (χ3n) is 3.40. The Morgan fingerprint density at radius 3 is 2.54 bits per heavy atom. The number of hydrogen-bond donors (Lipinski definition) is 3. The molecule has 0 aromatic carbocycles. The van der Waals surface area contributed by atoms with Gasteiger partial charge in [0.05, 0.1) is 20.8 Å². The minimum atomic E-state index is -5.22. The molecule has 1 saturated heterocycles. The summed E-state index contributed by atoms with van der Waals surface area (Å²) < 4.78 is 21.3. The number of nitrogens with zero attached hydrogens (tertiary/aromatic N) is 4. The van der Waals surface area contributed by atoms with Gasteiger partial charge in [0.2, 0.25) is 0 Å². The van der Waals surface area contributed by atoms with Gasteiger partial charge in [-0.3, -0.25) is 4.57 Å². The van der Waals surface area contributed by atoms with Crippen LogP contribution in [0.2, 0.25) is 0 Å². The van der Waals surface area contributed by atoms with E-state index in [4.69, 9.17) is 10.5 Å². The van der Waals surface area contributed by atoms with Crippen molar-refractivity contribution >= 4 is 24.8 Å². The zero-order chi connectivity index (χ0) is 16.8. The summed E-state index contributed by atoms with van der Waals surface area (Å²) in [6.45, 7) is -0.719. The molecular formula is C10H14N5Na2O8P. The van der Waals surface area contributed by atoms with Gasteiger partial charge in [0, 0.05) is 0 Å². The summed E-state index contributed by atoms with van der Waals surface area (Å²) in [7, 11) is -5.22. The molecule has 0 radical (unpaired) electrons. The Balaban J connectivity index is 0.00000208. The van der Waals surface area contributed by atoms with E-state index in [9.17, 15) is 24.6 Å². The molecule has 0 aliphatic carbocycles. The van der Waals surface area contributed by atoms with Crippen molar-refractivity contribution in [1.29, 1.82) is 0 Å². The van der Waals surface area contributed by atoms with Crippen molar-refractivity contribution in [2.75, 3.05) is 12.3 Å². The van der Waals surface area contributed by atoms with Crippen LogP contribution in [-0.4, -0.2) is 60.1 Å². The van der Waals surface area contributed by atoms with E-state index in [1.165, 1.54) is 17.2 Å². The molecule has 3 rings (SSSR count). The number of anilines is 1. The first kappa shape index (κ1) is 26.3. The van der Waals surface area contributed by atoms with Gasteiger partial charge >= 0.3 is 59.1 Å². The van der Waals surface area contributed by atoms with Crippen LogP contribution < -0.4 is 74.6 Å². The van der Waals surface area contributed by atoms with Gasteiger partial charge in [0.15, 0.2) is 17.7 Å². The molecule has 16 heteroatoms. The molecular weight excluding hydrogens is 395 g/mol. The van der Waals surface area contributed by atoms with E-state index < -0.39 is 39.0 Å². The maximum atomic E-state index is 10.5. The smallest absolute Gasteiger partial charge is 0.790 e. The van der Waals surface area contributed by atoms with E-state index in [1.54, 1.807) is 0 Å². The van der Waals surface area contributed by atoms with Crippen molar-refractivity contribution in [3.63, 3.8) is 0 Å². The van der Waals surface area contributed by atoms with Crippen LogP contribution in [0.3, 0.4) is 0 Å². The van der Waals surface area contributed by atoms with Crippen molar-refractivity contribution in [3.8, 4) is 0 Å². The molecule has 3 heterocycles. The average molecular weight is 409 g/mol. The molecule has 2 aromatic rings. The number of imidazole rings is 1. The quantitative estimate of drug-likeness (QED) is 0.317.